The molecule has 1 atom stereocenters. The second kappa shape index (κ2) is 8.94. The van der Waals surface area contributed by atoms with Gasteiger partial charge in [-0.2, -0.15) is 5.10 Å². The van der Waals surface area contributed by atoms with E-state index in [-0.39, 0.29) is 23.0 Å². The van der Waals surface area contributed by atoms with Crippen LogP contribution in [0.3, 0.4) is 0 Å². The summed E-state index contributed by atoms with van der Waals surface area (Å²) in [7, 11) is 0. The first-order chi connectivity index (χ1) is 15.3. The highest BCUT2D eigenvalue weighted by molar-refractivity contribution is 6.03. The molecule has 1 aromatic heterocycles. The van der Waals surface area contributed by atoms with E-state index in [2.05, 4.69) is 29.6 Å². The lowest BCUT2D eigenvalue weighted by molar-refractivity contribution is -0.124. The summed E-state index contributed by atoms with van der Waals surface area (Å²) in [5.41, 5.74) is 0.842. The molecule has 1 aliphatic rings. The van der Waals surface area contributed by atoms with Crippen molar-refractivity contribution in [1.29, 1.82) is 0 Å². The quantitative estimate of drug-likeness (QED) is 0.609. The van der Waals surface area contributed by atoms with E-state index >= 15 is 0 Å². The molecule has 0 aliphatic carbocycles. The van der Waals surface area contributed by atoms with Crippen LogP contribution in [0.5, 0.6) is 11.5 Å². The van der Waals surface area contributed by atoms with Gasteiger partial charge in [-0.25, -0.2) is 8.78 Å². The van der Waals surface area contributed by atoms with Crippen molar-refractivity contribution < 1.29 is 23.1 Å². The number of nitrogens with zero attached hydrogens (tertiary/aromatic N) is 2. The summed E-state index contributed by atoms with van der Waals surface area (Å²) in [5, 5.41) is 10.6. The Hall–Kier alpha value is -3.49. The van der Waals surface area contributed by atoms with Gasteiger partial charge in [0, 0.05) is 24.5 Å². The standard InChI is InChI=1S/C23H24F2N4O3/c1-13(2)12-29-19-10-16(22(30)28-18-4-3-7-26-23(18)31)21(8-14(19)11-27-29)32-20-6-5-15(24)9-17(20)25/h5-6,8-11,13,18H,3-4,7,12H2,1-2H3,(H,26,31)(H,28,30)/t18-/m0/s1. The number of rotatable bonds is 6. The number of piperidine rings is 1. The second-order valence-electron chi connectivity index (χ2n) is 8.26. The monoisotopic (exact) mass is 442 g/mol. The van der Waals surface area contributed by atoms with Gasteiger partial charge in [0.15, 0.2) is 11.6 Å². The number of carbonyl (C=O) groups excluding carboxylic acids is 2. The molecular weight excluding hydrogens is 418 g/mol. The molecule has 0 radical (unpaired) electrons. The van der Waals surface area contributed by atoms with Gasteiger partial charge in [0.2, 0.25) is 5.91 Å². The van der Waals surface area contributed by atoms with E-state index in [1.807, 2.05) is 0 Å². The molecule has 1 saturated heterocycles. The van der Waals surface area contributed by atoms with Crippen LogP contribution in [-0.4, -0.2) is 34.2 Å². The minimum atomic E-state index is -0.890. The SMILES string of the molecule is CC(C)Cn1ncc2cc(Oc3ccc(F)cc3F)c(C(=O)N[C@H]3CCCNC3=O)cc21. The molecule has 0 saturated carbocycles. The van der Waals surface area contributed by atoms with Gasteiger partial charge in [0.05, 0.1) is 17.3 Å². The van der Waals surface area contributed by atoms with E-state index in [1.165, 1.54) is 0 Å². The fraction of sp³-hybridized carbons (Fsp3) is 0.348. The first kappa shape index (κ1) is 21.7. The summed E-state index contributed by atoms with van der Waals surface area (Å²) >= 11 is 0. The molecule has 1 aliphatic heterocycles. The molecule has 32 heavy (non-hydrogen) atoms. The van der Waals surface area contributed by atoms with E-state index < -0.39 is 23.6 Å². The Balaban J connectivity index is 1.74. The number of ether oxygens (including phenoxy) is 1. The Kier molecular flexibility index (Phi) is 6.07. The summed E-state index contributed by atoms with van der Waals surface area (Å²) in [6.45, 7) is 5.32. The van der Waals surface area contributed by atoms with Crippen LogP contribution >= 0.6 is 0 Å². The molecule has 9 heteroatoms. The van der Waals surface area contributed by atoms with Crippen molar-refractivity contribution in [2.24, 2.45) is 5.92 Å². The Morgan fingerprint density at radius 1 is 1.28 bits per heavy atom. The van der Waals surface area contributed by atoms with Crippen LogP contribution in [0.1, 0.15) is 37.0 Å². The maximum absolute atomic E-state index is 14.2. The first-order valence-electron chi connectivity index (χ1n) is 10.5. The number of hydrogen-bond donors (Lipinski definition) is 2. The third-order valence-electron chi connectivity index (χ3n) is 5.23. The molecule has 168 valence electrons. The maximum atomic E-state index is 14.2. The molecule has 2 N–H and O–H groups in total. The average molecular weight is 442 g/mol. The lowest BCUT2D eigenvalue weighted by atomic mass is 10.1. The van der Waals surface area contributed by atoms with E-state index in [4.69, 9.17) is 4.74 Å². The Labute approximate surface area is 183 Å². The lowest BCUT2D eigenvalue weighted by Crippen LogP contribution is -2.50. The summed E-state index contributed by atoms with van der Waals surface area (Å²) in [5.74, 6) is -2.21. The highest BCUT2D eigenvalue weighted by Crippen LogP contribution is 2.32. The van der Waals surface area contributed by atoms with E-state index in [0.29, 0.717) is 42.4 Å². The summed E-state index contributed by atoms with van der Waals surface area (Å²) in [4.78, 5) is 25.3. The number of carbonyl (C=O) groups is 2. The van der Waals surface area contributed by atoms with Crippen LogP contribution in [0.4, 0.5) is 8.78 Å². The van der Waals surface area contributed by atoms with E-state index in [9.17, 15) is 18.4 Å². The van der Waals surface area contributed by atoms with Gasteiger partial charge < -0.3 is 15.4 Å². The molecule has 2 aromatic carbocycles. The number of aromatic nitrogens is 2. The molecule has 1 fully saturated rings. The zero-order valence-corrected chi connectivity index (χ0v) is 17.8. The minimum Gasteiger partial charge on any atom is -0.453 e. The summed E-state index contributed by atoms with van der Waals surface area (Å²) in [6, 6.07) is 5.50. The Bertz CT molecular complexity index is 1180. The van der Waals surface area contributed by atoms with Gasteiger partial charge in [0.25, 0.3) is 5.91 Å². The van der Waals surface area contributed by atoms with E-state index in [1.54, 1.807) is 23.0 Å². The zero-order valence-electron chi connectivity index (χ0n) is 17.8. The van der Waals surface area contributed by atoms with Gasteiger partial charge >= 0.3 is 0 Å². The fourth-order valence-electron chi connectivity index (χ4n) is 3.68. The minimum absolute atomic E-state index is 0.0841. The molecule has 2 amide bonds. The molecule has 2 heterocycles. The predicted octanol–water partition coefficient (Wildman–Crippen LogP) is 3.77. The van der Waals surface area contributed by atoms with Crippen LogP contribution in [0.25, 0.3) is 10.9 Å². The second-order valence-corrected chi connectivity index (χ2v) is 8.26. The lowest BCUT2D eigenvalue weighted by Gasteiger charge is -2.23. The molecule has 4 rings (SSSR count). The smallest absolute Gasteiger partial charge is 0.255 e. The molecule has 3 aromatic rings. The molecule has 0 spiro atoms. The Morgan fingerprint density at radius 2 is 2.09 bits per heavy atom. The van der Waals surface area contributed by atoms with Crippen molar-refractivity contribution in [2.45, 2.75) is 39.3 Å². The fourth-order valence-corrected chi connectivity index (χ4v) is 3.68. The molecule has 7 nitrogen and oxygen atoms in total. The first-order valence-corrected chi connectivity index (χ1v) is 10.5. The molecule has 0 unspecified atom stereocenters. The van der Waals surface area contributed by atoms with Crippen LogP contribution in [0.2, 0.25) is 0 Å². The van der Waals surface area contributed by atoms with E-state index in [0.717, 1.165) is 18.6 Å². The number of fused-ring (bicyclic) bond motifs is 1. The van der Waals surface area contributed by atoms with Crippen molar-refractivity contribution in [2.75, 3.05) is 6.54 Å². The van der Waals surface area contributed by atoms with Gasteiger partial charge in [0.1, 0.15) is 17.6 Å². The van der Waals surface area contributed by atoms with Gasteiger partial charge in [-0.15, -0.1) is 0 Å². The summed E-state index contributed by atoms with van der Waals surface area (Å²) < 4.78 is 35.0. The van der Waals surface area contributed by atoms with Crippen LogP contribution in [0, 0.1) is 17.6 Å². The van der Waals surface area contributed by atoms with Crippen molar-refractivity contribution in [3.05, 3.63) is 53.7 Å². The number of nitrogens with one attached hydrogen (secondary N) is 2. The van der Waals surface area contributed by atoms with Crippen LogP contribution in [-0.2, 0) is 11.3 Å². The third kappa shape index (κ3) is 4.56. The predicted molar refractivity (Wildman–Crippen MR) is 115 cm³/mol. The van der Waals surface area contributed by atoms with Crippen LogP contribution in [0.15, 0.2) is 36.5 Å². The number of benzene rings is 2. The number of amides is 2. The van der Waals surface area contributed by atoms with Crippen LogP contribution < -0.4 is 15.4 Å². The largest absolute Gasteiger partial charge is 0.453 e. The van der Waals surface area contributed by atoms with Crippen molar-refractivity contribution in [1.82, 2.24) is 20.4 Å². The van der Waals surface area contributed by atoms with Crippen molar-refractivity contribution in [3.8, 4) is 11.5 Å². The van der Waals surface area contributed by atoms with Gasteiger partial charge in [-0.1, -0.05) is 13.8 Å². The van der Waals surface area contributed by atoms with Gasteiger partial charge in [-0.3, -0.25) is 14.3 Å². The Morgan fingerprint density at radius 3 is 2.81 bits per heavy atom. The molecule has 0 bridgehead atoms. The highest BCUT2D eigenvalue weighted by atomic mass is 19.1. The maximum Gasteiger partial charge on any atom is 0.255 e. The normalized spacial score (nSPS) is 16.3. The van der Waals surface area contributed by atoms with Crippen molar-refractivity contribution >= 4 is 22.7 Å². The third-order valence-corrected chi connectivity index (χ3v) is 5.23. The van der Waals surface area contributed by atoms with Gasteiger partial charge in [-0.05, 0) is 43.0 Å². The van der Waals surface area contributed by atoms with Crippen molar-refractivity contribution in [3.63, 3.8) is 0 Å². The number of halogens is 2. The summed E-state index contributed by atoms with van der Waals surface area (Å²) in [6.07, 6.45) is 2.91. The number of hydrogen-bond acceptors (Lipinski definition) is 4. The highest BCUT2D eigenvalue weighted by Gasteiger charge is 2.26. The molecular formula is C23H24F2N4O3. The topological polar surface area (TPSA) is 85.2 Å². The average Bonchev–Trinajstić information content (AvgIpc) is 3.12. The zero-order chi connectivity index (χ0) is 22.8.